The maximum absolute atomic E-state index is 11.5. The lowest BCUT2D eigenvalue weighted by atomic mass is 9.76. The molecule has 5 heteroatoms. The zero-order chi connectivity index (χ0) is 20.9. The normalized spacial score (nSPS) is 17.5. The van der Waals surface area contributed by atoms with Gasteiger partial charge in [0.2, 0.25) is 0 Å². The van der Waals surface area contributed by atoms with Gasteiger partial charge in [-0.15, -0.1) is 0 Å². The third-order valence-corrected chi connectivity index (χ3v) is 5.28. The molecule has 0 bridgehead atoms. The number of carbonyl (C=O) groups excluding carboxylic acids is 1. The van der Waals surface area contributed by atoms with E-state index in [4.69, 9.17) is 14.2 Å². The molecular weight excluding hydrogens is 380 g/mol. The van der Waals surface area contributed by atoms with Crippen molar-refractivity contribution in [1.82, 2.24) is 0 Å². The SMILES string of the molecule is CCOC(=O)COc1ccc([C@H]2c3cc(O)ccc3OC[C@H]2c2ccccc2)cc1. The van der Waals surface area contributed by atoms with Crippen LogP contribution in [0.25, 0.3) is 0 Å². The number of carbonyl (C=O) groups is 1. The number of esters is 1. The fourth-order valence-corrected chi connectivity index (χ4v) is 3.92. The van der Waals surface area contributed by atoms with E-state index >= 15 is 0 Å². The van der Waals surface area contributed by atoms with E-state index in [1.165, 1.54) is 5.56 Å². The lowest BCUT2D eigenvalue weighted by Gasteiger charge is -2.34. The van der Waals surface area contributed by atoms with Gasteiger partial charge in [0.1, 0.15) is 17.2 Å². The highest BCUT2D eigenvalue weighted by atomic mass is 16.6. The summed E-state index contributed by atoms with van der Waals surface area (Å²) in [5.74, 6) is 1.33. The molecule has 0 unspecified atom stereocenters. The molecule has 1 aliphatic heterocycles. The molecule has 2 atom stereocenters. The molecule has 0 amide bonds. The summed E-state index contributed by atoms with van der Waals surface area (Å²) < 4.78 is 16.4. The largest absolute Gasteiger partial charge is 0.508 e. The van der Waals surface area contributed by atoms with Crippen molar-refractivity contribution < 1.29 is 24.1 Å². The highest BCUT2D eigenvalue weighted by Gasteiger charge is 2.33. The fraction of sp³-hybridized carbons (Fsp3) is 0.240. The van der Waals surface area contributed by atoms with Crippen LogP contribution in [0.1, 0.15) is 35.4 Å². The first-order chi connectivity index (χ1) is 14.7. The Bertz CT molecular complexity index is 998. The van der Waals surface area contributed by atoms with Crippen LogP contribution >= 0.6 is 0 Å². The van der Waals surface area contributed by atoms with Crippen LogP contribution in [0.15, 0.2) is 72.8 Å². The molecule has 1 heterocycles. The van der Waals surface area contributed by atoms with Gasteiger partial charge in [-0.3, -0.25) is 0 Å². The Morgan fingerprint density at radius 2 is 1.80 bits per heavy atom. The van der Waals surface area contributed by atoms with Crippen molar-refractivity contribution in [2.45, 2.75) is 18.8 Å². The second-order valence-electron chi connectivity index (χ2n) is 7.19. The molecule has 3 aromatic carbocycles. The fourth-order valence-electron chi connectivity index (χ4n) is 3.92. The van der Waals surface area contributed by atoms with Crippen LogP contribution in [0.5, 0.6) is 17.2 Å². The number of fused-ring (bicyclic) bond motifs is 1. The second kappa shape index (κ2) is 8.91. The minimum Gasteiger partial charge on any atom is -0.508 e. The Morgan fingerprint density at radius 3 is 2.53 bits per heavy atom. The zero-order valence-corrected chi connectivity index (χ0v) is 16.8. The summed E-state index contributed by atoms with van der Waals surface area (Å²) >= 11 is 0. The summed E-state index contributed by atoms with van der Waals surface area (Å²) in [6.07, 6.45) is 0. The molecule has 3 aromatic rings. The van der Waals surface area contributed by atoms with Crippen LogP contribution in [0.3, 0.4) is 0 Å². The van der Waals surface area contributed by atoms with Crippen molar-refractivity contribution in [3.05, 3.63) is 89.5 Å². The highest BCUT2D eigenvalue weighted by Crippen LogP contribution is 2.47. The third-order valence-electron chi connectivity index (χ3n) is 5.28. The molecule has 30 heavy (non-hydrogen) atoms. The smallest absolute Gasteiger partial charge is 0.344 e. The number of phenolic OH excluding ortho intramolecular Hbond substituents is 1. The van der Waals surface area contributed by atoms with Crippen LogP contribution in [-0.2, 0) is 9.53 Å². The summed E-state index contributed by atoms with van der Waals surface area (Å²) in [5, 5.41) is 10.1. The molecular formula is C25H24O5. The summed E-state index contributed by atoms with van der Waals surface area (Å²) in [6, 6.07) is 23.2. The summed E-state index contributed by atoms with van der Waals surface area (Å²) in [7, 11) is 0. The van der Waals surface area contributed by atoms with Gasteiger partial charge in [-0.2, -0.15) is 0 Å². The lowest BCUT2D eigenvalue weighted by molar-refractivity contribution is -0.145. The maximum atomic E-state index is 11.5. The van der Waals surface area contributed by atoms with Crippen molar-refractivity contribution in [3.8, 4) is 17.2 Å². The van der Waals surface area contributed by atoms with Crippen LogP contribution in [-0.4, -0.2) is 30.9 Å². The van der Waals surface area contributed by atoms with Gasteiger partial charge in [0.15, 0.2) is 6.61 Å². The van der Waals surface area contributed by atoms with Crippen LogP contribution in [0.4, 0.5) is 0 Å². The summed E-state index contributed by atoms with van der Waals surface area (Å²) in [5.41, 5.74) is 3.22. The second-order valence-corrected chi connectivity index (χ2v) is 7.19. The van der Waals surface area contributed by atoms with E-state index in [2.05, 4.69) is 12.1 Å². The summed E-state index contributed by atoms with van der Waals surface area (Å²) in [4.78, 5) is 11.5. The number of hydrogen-bond acceptors (Lipinski definition) is 5. The monoisotopic (exact) mass is 404 g/mol. The molecule has 0 aromatic heterocycles. The van der Waals surface area contributed by atoms with Gasteiger partial charge in [0, 0.05) is 17.4 Å². The average Bonchev–Trinajstić information content (AvgIpc) is 2.78. The van der Waals surface area contributed by atoms with Gasteiger partial charge < -0.3 is 19.3 Å². The number of ether oxygens (including phenoxy) is 3. The molecule has 0 radical (unpaired) electrons. The number of hydrogen-bond donors (Lipinski definition) is 1. The Labute approximate surface area is 175 Å². The minimum absolute atomic E-state index is 0.0161. The predicted molar refractivity (Wildman–Crippen MR) is 113 cm³/mol. The van der Waals surface area contributed by atoms with Crippen LogP contribution in [0.2, 0.25) is 0 Å². The third kappa shape index (κ3) is 4.25. The van der Waals surface area contributed by atoms with E-state index in [-0.39, 0.29) is 30.2 Å². The first kappa shape index (κ1) is 19.8. The first-order valence-electron chi connectivity index (χ1n) is 10.0. The van der Waals surface area contributed by atoms with Crippen molar-refractivity contribution in [1.29, 1.82) is 0 Å². The van der Waals surface area contributed by atoms with Crippen molar-refractivity contribution in [2.75, 3.05) is 19.8 Å². The number of rotatable bonds is 6. The first-order valence-corrected chi connectivity index (χ1v) is 10.0. The zero-order valence-electron chi connectivity index (χ0n) is 16.8. The highest BCUT2D eigenvalue weighted by molar-refractivity contribution is 5.71. The number of phenols is 1. The maximum Gasteiger partial charge on any atom is 0.344 e. The van der Waals surface area contributed by atoms with E-state index in [0.29, 0.717) is 19.0 Å². The van der Waals surface area contributed by atoms with Gasteiger partial charge in [-0.1, -0.05) is 42.5 Å². The standard InChI is InChI=1S/C25H24O5/c1-2-28-24(27)16-29-20-11-8-18(9-12-20)25-21-14-19(26)10-13-23(21)30-15-22(25)17-6-4-3-5-7-17/h3-14,22,25-26H,2,15-16H2,1H3/t22-,25-/m0/s1. The molecule has 5 nitrogen and oxygen atoms in total. The molecule has 0 saturated heterocycles. The topological polar surface area (TPSA) is 65.0 Å². The van der Waals surface area contributed by atoms with E-state index in [9.17, 15) is 9.90 Å². The van der Waals surface area contributed by atoms with Gasteiger partial charge in [-0.25, -0.2) is 4.79 Å². The molecule has 0 saturated carbocycles. The predicted octanol–water partition coefficient (Wildman–Crippen LogP) is 4.64. The minimum atomic E-state index is -0.389. The van der Waals surface area contributed by atoms with Gasteiger partial charge in [0.25, 0.3) is 0 Å². The molecule has 4 rings (SSSR count). The molecule has 0 spiro atoms. The number of aromatic hydroxyl groups is 1. The van der Waals surface area contributed by atoms with Crippen LogP contribution < -0.4 is 9.47 Å². The van der Waals surface area contributed by atoms with Crippen molar-refractivity contribution in [3.63, 3.8) is 0 Å². The Hall–Kier alpha value is -3.47. The molecule has 1 aliphatic rings. The Balaban J connectivity index is 1.65. The van der Waals surface area contributed by atoms with Gasteiger partial charge in [-0.05, 0) is 48.4 Å². The lowest BCUT2D eigenvalue weighted by Crippen LogP contribution is -2.25. The Kier molecular flexibility index (Phi) is 5.89. The van der Waals surface area contributed by atoms with E-state index in [1.54, 1.807) is 19.1 Å². The van der Waals surface area contributed by atoms with Gasteiger partial charge in [0.05, 0.1) is 13.2 Å². The van der Waals surface area contributed by atoms with Crippen molar-refractivity contribution in [2.24, 2.45) is 0 Å². The van der Waals surface area contributed by atoms with E-state index < -0.39 is 0 Å². The molecule has 0 fully saturated rings. The Morgan fingerprint density at radius 1 is 1.03 bits per heavy atom. The quantitative estimate of drug-likeness (QED) is 0.606. The summed E-state index contributed by atoms with van der Waals surface area (Å²) in [6.45, 7) is 2.53. The van der Waals surface area contributed by atoms with Gasteiger partial charge >= 0.3 is 5.97 Å². The van der Waals surface area contributed by atoms with Crippen molar-refractivity contribution >= 4 is 5.97 Å². The van der Waals surface area contributed by atoms with E-state index in [1.807, 2.05) is 48.5 Å². The van der Waals surface area contributed by atoms with E-state index in [0.717, 1.165) is 16.9 Å². The average molecular weight is 404 g/mol. The van der Waals surface area contributed by atoms with Crippen LogP contribution in [0, 0.1) is 0 Å². The number of benzene rings is 3. The molecule has 0 aliphatic carbocycles. The molecule has 154 valence electrons. The molecule has 1 N–H and O–H groups in total.